The average molecular weight is 256 g/mol. The van der Waals surface area contributed by atoms with Gasteiger partial charge in [-0.1, -0.05) is 11.6 Å². The molecule has 1 aromatic carbocycles. The Morgan fingerprint density at radius 2 is 2.24 bits per heavy atom. The normalized spacial score (nSPS) is 12.5. The molecule has 0 aromatic heterocycles. The van der Waals surface area contributed by atoms with E-state index in [4.69, 9.17) is 16.7 Å². The third kappa shape index (κ3) is 4.11. The number of rotatable bonds is 6. The van der Waals surface area contributed by atoms with Crippen molar-refractivity contribution in [1.82, 2.24) is 5.32 Å². The summed E-state index contributed by atoms with van der Waals surface area (Å²) in [5.41, 5.74) is 1.57. The van der Waals surface area contributed by atoms with Crippen LogP contribution >= 0.6 is 11.6 Å². The quantitative estimate of drug-likeness (QED) is 0.605. The van der Waals surface area contributed by atoms with Crippen molar-refractivity contribution in [2.75, 3.05) is 13.2 Å². The molecule has 0 bridgehead atoms. The van der Waals surface area contributed by atoms with E-state index in [1.807, 2.05) is 13.8 Å². The molecule has 4 heteroatoms. The summed E-state index contributed by atoms with van der Waals surface area (Å²) < 4.78 is 0. The lowest BCUT2D eigenvalue weighted by atomic mass is 10.0. The number of halogens is 1. The monoisotopic (exact) mass is 255 g/mol. The zero-order chi connectivity index (χ0) is 12.8. The van der Waals surface area contributed by atoms with E-state index in [1.165, 1.54) is 0 Å². The number of nitrogens with one attached hydrogen (secondary N) is 1. The first-order chi connectivity index (χ1) is 8.06. The lowest BCUT2D eigenvalue weighted by Gasteiger charge is -2.13. The van der Waals surface area contributed by atoms with Gasteiger partial charge in [-0.2, -0.15) is 0 Å². The summed E-state index contributed by atoms with van der Waals surface area (Å²) in [5, 5.41) is 12.4. The first kappa shape index (κ1) is 14.2. The van der Waals surface area contributed by atoms with E-state index in [0.717, 1.165) is 5.56 Å². The highest BCUT2D eigenvalue weighted by molar-refractivity contribution is 6.31. The van der Waals surface area contributed by atoms with E-state index < -0.39 is 0 Å². The zero-order valence-electron chi connectivity index (χ0n) is 10.2. The maximum absolute atomic E-state index is 12.0. The van der Waals surface area contributed by atoms with Crippen molar-refractivity contribution in [3.05, 3.63) is 34.3 Å². The average Bonchev–Trinajstić information content (AvgIpc) is 2.32. The largest absolute Gasteiger partial charge is 0.396 e. The van der Waals surface area contributed by atoms with Crippen LogP contribution in [-0.4, -0.2) is 30.1 Å². The van der Waals surface area contributed by atoms with Crippen LogP contribution in [0, 0.1) is 6.92 Å². The number of aliphatic hydroxyl groups is 1. The Balaban J connectivity index is 2.65. The fourth-order valence-electron chi connectivity index (χ4n) is 1.54. The second-order valence-corrected chi connectivity index (χ2v) is 4.49. The summed E-state index contributed by atoms with van der Waals surface area (Å²) in [5.74, 6) is 0.0442. The Morgan fingerprint density at radius 1 is 1.53 bits per heavy atom. The molecule has 0 aliphatic carbocycles. The maximum Gasteiger partial charge on any atom is 0.179 e. The van der Waals surface area contributed by atoms with Crippen LogP contribution in [0.25, 0.3) is 0 Å². The minimum absolute atomic E-state index is 0.0442. The van der Waals surface area contributed by atoms with Gasteiger partial charge in [0, 0.05) is 17.2 Å². The molecule has 94 valence electrons. The van der Waals surface area contributed by atoms with E-state index in [0.29, 0.717) is 23.6 Å². The van der Waals surface area contributed by atoms with Crippen LogP contribution < -0.4 is 5.32 Å². The molecule has 0 aliphatic heterocycles. The molecule has 0 saturated carbocycles. The summed E-state index contributed by atoms with van der Waals surface area (Å²) in [6.45, 7) is 4.47. The molecule has 0 heterocycles. The van der Waals surface area contributed by atoms with Gasteiger partial charge in [-0.15, -0.1) is 0 Å². The second-order valence-electron chi connectivity index (χ2n) is 4.08. The van der Waals surface area contributed by atoms with Crippen molar-refractivity contribution in [3.63, 3.8) is 0 Å². The summed E-state index contributed by atoms with van der Waals surface area (Å²) in [7, 11) is 0. The van der Waals surface area contributed by atoms with Crippen LogP contribution in [0.15, 0.2) is 18.2 Å². The van der Waals surface area contributed by atoms with Gasteiger partial charge in [-0.3, -0.25) is 4.79 Å². The molecule has 0 saturated heterocycles. The van der Waals surface area contributed by atoms with E-state index >= 15 is 0 Å². The van der Waals surface area contributed by atoms with E-state index in [9.17, 15) is 4.79 Å². The molecule has 1 aromatic rings. The fraction of sp³-hybridized carbons (Fsp3) is 0.462. The van der Waals surface area contributed by atoms with Crippen molar-refractivity contribution >= 4 is 17.4 Å². The van der Waals surface area contributed by atoms with Crippen LogP contribution in [0.4, 0.5) is 0 Å². The van der Waals surface area contributed by atoms with Gasteiger partial charge in [-0.05, 0) is 50.6 Å². The number of aliphatic hydroxyl groups excluding tert-OH is 1. The number of hydrogen-bond donors (Lipinski definition) is 2. The maximum atomic E-state index is 12.0. The lowest BCUT2D eigenvalue weighted by molar-refractivity contribution is 0.0950. The highest BCUT2D eigenvalue weighted by Gasteiger charge is 2.14. The SMILES string of the molecule is Cc1cc(C(=O)C(C)NCCCO)ccc1Cl. The fourth-order valence-corrected chi connectivity index (χ4v) is 1.66. The smallest absolute Gasteiger partial charge is 0.179 e. The molecule has 0 aliphatic rings. The molecule has 0 radical (unpaired) electrons. The molecular weight excluding hydrogens is 238 g/mol. The van der Waals surface area contributed by atoms with Gasteiger partial charge in [-0.25, -0.2) is 0 Å². The summed E-state index contributed by atoms with van der Waals surface area (Å²) in [4.78, 5) is 12.0. The topological polar surface area (TPSA) is 49.3 Å². The molecule has 1 atom stereocenters. The Hall–Kier alpha value is -0.900. The van der Waals surface area contributed by atoms with Crippen molar-refractivity contribution in [3.8, 4) is 0 Å². The molecule has 2 N–H and O–H groups in total. The lowest BCUT2D eigenvalue weighted by Crippen LogP contribution is -2.34. The minimum atomic E-state index is -0.248. The van der Waals surface area contributed by atoms with Gasteiger partial charge >= 0.3 is 0 Å². The Bertz CT molecular complexity index is 393. The predicted molar refractivity (Wildman–Crippen MR) is 69.7 cm³/mol. The highest BCUT2D eigenvalue weighted by Crippen LogP contribution is 2.17. The Morgan fingerprint density at radius 3 is 2.82 bits per heavy atom. The van der Waals surface area contributed by atoms with Crippen molar-refractivity contribution in [2.45, 2.75) is 26.3 Å². The van der Waals surface area contributed by atoms with E-state index in [-0.39, 0.29) is 18.4 Å². The van der Waals surface area contributed by atoms with E-state index in [1.54, 1.807) is 18.2 Å². The molecule has 0 spiro atoms. The number of benzene rings is 1. The van der Waals surface area contributed by atoms with Crippen molar-refractivity contribution in [1.29, 1.82) is 0 Å². The molecule has 0 amide bonds. The Kier molecular flexibility index (Phi) is 5.62. The molecule has 3 nitrogen and oxygen atoms in total. The van der Waals surface area contributed by atoms with Crippen molar-refractivity contribution < 1.29 is 9.90 Å². The van der Waals surface area contributed by atoms with Crippen molar-refractivity contribution in [2.24, 2.45) is 0 Å². The van der Waals surface area contributed by atoms with Gasteiger partial charge in [0.05, 0.1) is 6.04 Å². The molecule has 1 rings (SSSR count). The number of ketones is 1. The minimum Gasteiger partial charge on any atom is -0.396 e. The third-order valence-electron chi connectivity index (χ3n) is 2.62. The molecular formula is C13H18ClNO2. The second kappa shape index (κ2) is 6.74. The van der Waals surface area contributed by atoms with Gasteiger partial charge < -0.3 is 10.4 Å². The first-order valence-corrected chi connectivity index (χ1v) is 6.08. The van der Waals surface area contributed by atoms with Gasteiger partial charge in [0.1, 0.15) is 0 Å². The third-order valence-corrected chi connectivity index (χ3v) is 3.05. The van der Waals surface area contributed by atoms with Gasteiger partial charge in [0.25, 0.3) is 0 Å². The van der Waals surface area contributed by atoms with Crippen LogP contribution in [-0.2, 0) is 0 Å². The van der Waals surface area contributed by atoms with Gasteiger partial charge in [0.15, 0.2) is 5.78 Å². The molecule has 1 unspecified atom stereocenters. The Labute approximate surface area is 107 Å². The number of Topliss-reactive ketones (excluding diaryl/α,β-unsaturated/α-hetero) is 1. The predicted octanol–water partition coefficient (Wildman–Crippen LogP) is 2.19. The van der Waals surface area contributed by atoms with E-state index in [2.05, 4.69) is 5.32 Å². The summed E-state index contributed by atoms with van der Waals surface area (Å²) in [6.07, 6.45) is 0.650. The zero-order valence-corrected chi connectivity index (χ0v) is 10.9. The number of aryl methyl sites for hydroxylation is 1. The van der Waals surface area contributed by atoms with Gasteiger partial charge in [0.2, 0.25) is 0 Å². The van der Waals surface area contributed by atoms with Crippen LogP contribution in [0.3, 0.4) is 0 Å². The highest BCUT2D eigenvalue weighted by atomic mass is 35.5. The van der Waals surface area contributed by atoms with Crippen LogP contribution in [0.2, 0.25) is 5.02 Å². The molecule has 0 fully saturated rings. The number of carbonyl (C=O) groups excluding carboxylic acids is 1. The summed E-state index contributed by atoms with van der Waals surface area (Å²) >= 11 is 5.91. The van der Waals surface area contributed by atoms with Crippen LogP contribution in [0.1, 0.15) is 29.3 Å². The first-order valence-electron chi connectivity index (χ1n) is 5.71. The number of hydrogen-bond acceptors (Lipinski definition) is 3. The van der Waals surface area contributed by atoms with Crippen LogP contribution in [0.5, 0.6) is 0 Å². The molecule has 17 heavy (non-hydrogen) atoms. The number of carbonyl (C=O) groups is 1. The summed E-state index contributed by atoms with van der Waals surface area (Å²) in [6, 6.07) is 5.03. The standard InChI is InChI=1S/C13H18ClNO2/c1-9-8-11(4-5-12(9)14)13(17)10(2)15-6-3-7-16/h4-5,8,10,15-16H,3,6-7H2,1-2H3.